The molecule has 0 aromatic heterocycles. The number of para-hydroxylation sites is 2. The zero-order chi connectivity index (χ0) is 11.3. The number of hydrogen-bond acceptors (Lipinski definition) is 3. The first kappa shape index (κ1) is 11.9. The fraction of sp³-hybridized carbons (Fsp3) is 0.500. The fourth-order valence-corrected chi connectivity index (χ4v) is 1.41. The van der Waals surface area contributed by atoms with Gasteiger partial charge in [-0.25, -0.2) is 0 Å². The average Bonchev–Trinajstić information content (AvgIpc) is 2.16. The molecule has 0 saturated heterocycles. The molecule has 3 N–H and O–H groups in total. The molecule has 0 unspecified atom stereocenters. The van der Waals surface area contributed by atoms with Gasteiger partial charge in [0.15, 0.2) is 0 Å². The van der Waals surface area contributed by atoms with E-state index in [9.17, 15) is 0 Å². The van der Waals surface area contributed by atoms with Crippen molar-refractivity contribution >= 4 is 11.4 Å². The van der Waals surface area contributed by atoms with E-state index in [0.717, 1.165) is 24.5 Å². The Labute approximate surface area is 91.6 Å². The number of nitrogens with two attached hydrogens (primary N) is 1. The largest absolute Gasteiger partial charge is 0.397 e. The fourth-order valence-electron chi connectivity index (χ4n) is 1.41. The summed E-state index contributed by atoms with van der Waals surface area (Å²) in [6.07, 6.45) is 0. The van der Waals surface area contributed by atoms with Gasteiger partial charge in [-0.05, 0) is 32.9 Å². The number of nitrogen functional groups attached to an aromatic ring is 1. The maximum Gasteiger partial charge on any atom is 0.0797 e. The molecule has 1 aromatic rings. The minimum atomic E-state index is -0.170. The van der Waals surface area contributed by atoms with E-state index < -0.39 is 0 Å². The van der Waals surface area contributed by atoms with Crippen LogP contribution in [0.4, 0.5) is 11.4 Å². The standard InChI is InChI=1S/C12H20N2O/c1-4-15-12(2,3)9-14-11-8-6-5-7-10(11)13/h5-8,14H,4,9,13H2,1-3H3. The molecular weight excluding hydrogens is 188 g/mol. The molecule has 0 spiro atoms. The number of nitrogens with one attached hydrogen (secondary N) is 1. The van der Waals surface area contributed by atoms with Crippen molar-refractivity contribution < 1.29 is 4.74 Å². The van der Waals surface area contributed by atoms with Crippen LogP contribution in [0.1, 0.15) is 20.8 Å². The molecule has 84 valence electrons. The van der Waals surface area contributed by atoms with Crippen molar-refractivity contribution in [3.05, 3.63) is 24.3 Å². The van der Waals surface area contributed by atoms with Crippen molar-refractivity contribution in [2.45, 2.75) is 26.4 Å². The molecule has 0 aliphatic heterocycles. The molecule has 3 heteroatoms. The molecule has 0 aliphatic rings. The van der Waals surface area contributed by atoms with E-state index in [4.69, 9.17) is 10.5 Å². The Balaban J connectivity index is 2.53. The molecule has 1 rings (SSSR count). The monoisotopic (exact) mass is 208 g/mol. The minimum Gasteiger partial charge on any atom is -0.397 e. The zero-order valence-corrected chi connectivity index (χ0v) is 9.71. The lowest BCUT2D eigenvalue weighted by molar-refractivity contribution is 0.000710. The van der Waals surface area contributed by atoms with Crippen LogP contribution in [-0.4, -0.2) is 18.8 Å². The highest BCUT2D eigenvalue weighted by Gasteiger charge is 2.17. The summed E-state index contributed by atoms with van der Waals surface area (Å²) in [5.74, 6) is 0. The summed E-state index contributed by atoms with van der Waals surface area (Å²) in [5, 5.41) is 3.29. The van der Waals surface area contributed by atoms with Crippen LogP contribution in [-0.2, 0) is 4.74 Å². The van der Waals surface area contributed by atoms with Gasteiger partial charge in [0, 0.05) is 13.2 Å². The van der Waals surface area contributed by atoms with Gasteiger partial charge >= 0.3 is 0 Å². The average molecular weight is 208 g/mol. The Bertz CT molecular complexity index is 310. The molecule has 0 saturated carbocycles. The van der Waals surface area contributed by atoms with Gasteiger partial charge in [-0.1, -0.05) is 12.1 Å². The maximum atomic E-state index is 5.82. The molecule has 15 heavy (non-hydrogen) atoms. The summed E-state index contributed by atoms with van der Waals surface area (Å²) in [4.78, 5) is 0. The number of ether oxygens (including phenoxy) is 1. The second-order valence-electron chi connectivity index (χ2n) is 4.13. The number of hydrogen-bond donors (Lipinski definition) is 2. The molecule has 0 atom stereocenters. The molecular formula is C12H20N2O. The third-order valence-corrected chi connectivity index (χ3v) is 2.20. The first-order valence-corrected chi connectivity index (χ1v) is 5.27. The molecule has 1 aromatic carbocycles. The Morgan fingerprint density at radius 1 is 1.33 bits per heavy atom. The smallest absolute Gasteiger partial charge is 0.0797 e. The van der Waals surface area contributed by atoms with Crippen molar-refractivity contribution in [1.82, 2.24) is 0 Å². The Morgan fingerprint density at radius 2 is 2.00 bits per heavy atom. The predicted octanol–water partition coefficient (Wildman–Crippen LogP) is 2.50. The summed E-state index contributed by atoms with van der Waals surface area (Å²) in [7, 11) is 0. The van der Waals surface area contributed by atoms with Gasteiger partial charge in [-0.3, -0.25) is 0 Å². The Kier molecular flexibility index (Phi) is 3.97. The van der Waals surface area contributed by atoms with E-state index in [1.807, 2.05) is 31.2 Å². The lowest BCUT2D eigenvalue weighted by Crippen LogP contribution is -2.33. The van der Waals surface area contributed by atoms with Gasteiger partial charge in [0.1, 0.15) is 0 Å². The van der Waals surface area contributed by atoms with Crippen molar-refractivity contribution in [3.8, 4) is 0 Å². The van der Waals surface area contributed by atoms with Crippen LogP contribution in [0.2, 0.25) is 0 Å². The third-order valence-electron chi connectivity index (χ3n) is 2.20. The van der Waals surface area contributed by atoms with Gasteiger partial charge in [-0.2, -0.15) is 0 Å². The summed E-state index contributed by atoms with van der Waals surface area (Å²) < 4.78 is 5.59. The van der Waals surface area contributed by atoms with Crippen molar-refractivity contribution in [3.63, 3.8) is 0 Å². The molecule has 0 radical (unpaired) electrons. The van der Waals surface area contributed by atoms with E-state index in [1.54, 1.807) is 0 Å². The molecule has 0 fully saturated rings. The number of rotatable bonds is 5. The van der Waals surface area contributed by atoms with Gasteiger partial charge in [0.25, 0.3) is 0 Å². The van der Waals surface area contributed by atoms with E-state index in [2.05, 4.69) is 19.2 Å². The van der Waals surface area contributed by atoms with Gasteiger partial charge in [0.2, 0.25) is 0 Å². The van der Waals surface area contributed by atoms with Gasteiger partial charge in [-0.15, -0.1) is 0 Å². The van der Waals surface area contributed by atoms with Crippen LogP contribution in [0.15, 0.2) is 24.3 Å². The van der Waals surface area contributed by atoms with E-state index >= 15 is 0 Å². The molecule has 0 amide bonds. The van der Waals surface area contributed by atoms with Crippen molar-refractivity contribution in [1.29, 1.82) is 0 Å². The topological polar surface area (TPSA) is 47.3 Å². The lowest BCUT2D eigenvalue weighted by Gasteiger charge is -2.25. The van der Waals surface area contributed by atoms with Crippen LogP contribution in [0.25, 0.3) is 0 Å². The molecule has 0 heterocycles. The normalized spacial score (nSPS) is 11.4. The predicted molar refractivity (Wildman–Crippen MR) is 65.0 cm³/mol. The van der Waals surface area contributed by atoms with Crippen LogP contribution in [0.5, 0.6) is 0 Å². The van der Waals surface area contributed by atoms with E-state index in [0.29, 0.717) is 0 Å². The lowest BCUT2D eigenvalue weighted by atomic mass is 10.1. The van der Waals surface area contributed by atoms with Gasteiger partial charge < -0.3 is 15.8 Å². The summed E-state index contributed by atoms with van der Waals surface area (Å²) in [5.41, 5.74) is 7.38. The van der Waals surface area contributed by atoms with Crippen molar-refractivity contribution in [2.24, 2.45) is 0 Å². The summed E-state index contributed by atoms with van der Waals surface area (Å²) in [6, 6.07) is 7.74. The van der Waals surface area contributed by atoms with Crippen LogP contribution >= 0.6 is 0 Å². The molecule has 0 aliphatic carbocycles. The highest BCUT2D eigenvalue weighted by Crippen LogP contribution is 2.18. The number of anilines is 2. The Morgan fingerprint density at radius 3 is 2.60 bits per heavy atom. The number of benzene rings is 1. The quantitative estimate of drug-likeness (QED) is 0.731. The molecule has 0 bridgehead atoms. The van der Waals surface area contributed by atoms with E-state index in [-0.39, 0.29) is 5.60 Å². The molecule has 3 nitrogen and oxygen atoms in total. The van der Waals surface area contributed by atoms with Gasteiger partial charge in [0.05, 0.1) is 17.0 Å². The Hall–Kier alpha value is -1.22. The van der Waals surface area contributed by atoms with Crippen LogP contribution in [0, 0.1) is 0 Å². The summed E-state index contributed by atoms with van der Waals surface area (Å²) >= 11 is 0. The minimum absolute atomic E-state index is 0.170. The van der Waals surface area contributed by atoms with E-state index in [1.165, 1.54) is 0 Å². The zero-order valence-electron chi connectivity index (χ0n) is 9.71. The first-order chi connectivity index (χ1) is 7.05. The van der Waals surface area contributed by atoms with Crippen LogP contribution in [0.3, 0.4) is 0 Å². The third kappa shape index (κ3) is 3.80. The van der Waals surface area contributed by atoms with Crippen molar-refractivity contribution in [2.75, 3.05) is 24.2 Å². The second kappa shape index (κ2) is 5.03. The van der Waals surface area contributed by atoms with Crippen LogP contribution < -0.4 is 11.1 Å². The highest BCUT2D eigenvalue weighted by atomic mass is 16.5. The maximum absolute atomic E-state index is 5.82. The second-order valence-corrected chi connectivity index (χ2v) is 4.13. The summed E-state index contributed by atoms with van der Waals surface area (Å²) in [6.45, 7) is 7.58. The first-order valence-electron chi connectivity index (χ1n) is 5.27. The highest BCUT2D eigenvalue weighted by molar-refractivity contribution is 5.65. The SMILES string of the molecule is CCOC(C)(C)CNc1ccccc1N.